The highest BCUT2D eigenvalue weighted by Crippen LogP contribution is 2.45. The lowest BCUT2D eigenvalue weighted by Crippen LogP contribution is -1.97. The Hall–Kier alpha value is -7.10. The minimum atomic E-state index is 0.689. The normalized spacial score (nSPS) is 11.8. The molecular weight excluding hydrogens is 645 g/mol. The van der Waals surface area contributed by atoms with Crippen molar-refractivity contribution in [3.8, 4) is 56.2 Å². The van der Waals surface area contributed by atoms with Crippen LogP contribution < -0.4 is 0 Å². The Morgan fingerprint density at radius 3 is 1.75 bits per heavy atom. The van der Waals surface area contributed by atoms with E-state index >= 15 is 0 Å². The molecule has 0 aliphatic heterocycles. The zero-order valence-corrected chi connectivity index (χ0v) is 28.6. The molecule has 53 heavy (non-hydrogen) atoms. The van der Waals surface area contributed by atoms with Gasteiger partial charge in [-0.25, -0.2) is 9.97 Å². The first-order valence-electron chi connectivity index (χ1n) is 18.0. The smallest absolute Gasteiger partial charge is 0.160 e. The average molecular weight is 675 g/mol. The predicted octanol–water partition coefficient (Wildman–Crippen LogP) is 13.6. The quantitative estimate of drug-likeness (QED) is 0.171. The standard InChI is InChI=1S/C50H30N2O/c1-3-10-32(11-4-1)42-30-43(52-50(51-42)37-12-5-2-6-13-37)40-28-29-45-49(41-16-7-8-17-44(41)53-45)48(40)35-20-18-31(19-21-35)38-26-24-36-23-22-33-14-9-15-34-25-27-39(38)47(36)46(33)34/h1-30H. The lowest BCUT2D eigenvalue weighted by atomic mass is 9.88. The Bertz CT molecular complexity index is 3070. The van der Waals surface area contributed by atoms with Crippen molar-refractivity contribution in [2.24, 2.45) is 0 Å². The topological polar surface area (TPSA) is 38.9 Å². The lowest BCUT2D eigenvalue weighted by molar-refractivity contribution is 0.669. The van der Waals surface area contributed by atoms with Crippen LogP contribution in [0.25, 0.3) is 110 Å². The third-order valence-electron chi connectivity index (χ3n) is 10.7. The van der Waals surface area contributed by atoms with Crippen LogP contribution in [0.4, 0.5) is 0 Å². The van der Waals surface area contributed by atoms with Gasteiger partial charge in [-0.15, -0.1) is 0 Å². The average Bonchev–Trinajstić information content (AvgIpc) is 3.62. The van der Waals surface area contributed by atoms with E-state index in [0.29, 0.717) is 5.82 Å². The van der Waals surface area contributed by atoms with E-state index in [0.717, 1.165) is 61.1 Å². The number of nitrogens with zero attached hydrogens (tertiary/aromatic N) is 2. The molecule has 2 heterocycles. The summed E-state index contributed by atoms with van der Waals surface area (Å²) in [6.07, 6.45) is 0. The Morgan fingerprint density at radius 2 is 0.962 bits per heavy atom. The van der Waals surface area contributed by atoms with Crippen LogP contribution in [0.1, 0.15) is 0 Å². The maximum atomic E-state index is 6.46. The van der Waals surface area contributed by atoms with Gasteiger partial charge in [-0.05, 0) is 73.3 Å². The number of benzene rings is 9. The fourth-order valence-corrected chi connectivity index (χ4v) is 8.19. The predicted molar refractivity (Wildman–Crippen MR) is 220 cm³/mol. The van der Waals surface area contributed by atoms with Crippen molar-refractivity contribution in [2.75, 3.05) is 0 Å². The summed E-state index contributed by atoms with van der Waals surface area (Å²) >= 11 is 0. The SMILES string of the molecule is c1ccc(-c2cc(-c3ccc4oc5ccccc5c4c3-c3ccc(-c4ccc5ccc6cccc7ccc4c5c67)cc3)nc(-c3ccccc3)n2)cc1. The zero-order chi connectivity index (χ0) is 34.9. The number of furan rings is 1. The number of rotatable bonds is 5. The maximum absolute atomic E-state index is 6.46. The lowest BCUT2D eigenvalue weighted by Gasteiger charge is -2.16. The van der Waals surface area contributed by atoms with E-state index < -0.39 is 0 Å². The number of hydrogen-bond donors (Lipinski definition) is 0. The Balaban J connectivity index is 1.14. The van der Waals surface area contributed by atoms with Crippen LogP contribution in [0.2, 0.25) is 0 Å². The maximum Gasteiger partial charge on any atom is 0.160 e. The molecule has 0 aliphatic rings. The highest BCUT2D eigenvalue weighted by Gasteiger charge is 2.21. The summed E-state index contributed by atoms with van der Waals surface area (Å²) in [6.45, 7) is 0. The minimum absolute atomic E-state index is 0.689. The number of hydrogen-bond acceptors (Lipinski definition) is 3. The van der Waals surface area contributed by atoms with Gasteiger partial charge in [0.2, 0.25) is 0 Å². The van der Waals surface area contributed by atoms with Gasteiger partial charge in [0.05, 0.1) is 11.4 Å². The van der Waals surface area contributed by atoms with Gasteiger partial charge in [0.25, 0.3) is 0 Å². The summed E-state index contributed by atoms with van der Waals surface area (Å²) in [5.74, 6) is 0.689. The molecule has 9 aromatic carbocycles. The van der Waals surface area contributed by atoms with Crippen LogP contribution in [0.3, 0.4) is 0 Å². The Morgan fingerprint density at radius 1 is 0.340 bits per heavy atom. The number of para-hydroxylation sites is 1. The molecule has 0 spiro atoms. The molecule has 0 aliphatic carbocycles. The highest BCUT2D eigenvalue weighted by atomic mass is 16.3. The third-order valence-corrected chi connectivity index (χ3v) is 10.7. The molecule has 0 amide bonds. The van der Waals surface area contributed by atoms with E-state index in [1.165, 1.54) is 43.4 Å². The second-order valence-corrected chi connectivity index (χ2v) is 13.7. The van der Waals surface area contributed by atoms with Crippen LogP contribution >= 0.6 is 0 Å². The molecule has 0 saturated carbocycles. The highest BCUT2D eigenvalue weighted by molar-refractivity contribution is 6.25. The number of aromatic nitrogens is 2. The van der Waals surface area contributed by atoms with E-state index in [4.69, 9.17) is 14.4 Å². The molecule has 0 bridgehead atoms. The van der Waals surface area contributed by atoms with Gasteiger partial charge in [0.15, 0.2) is 5.82 Å². The molecule has 0 fully saturated rings. The summed E-state index contributed by atoms with van der Waals surface area (Å²) < 4.78 is 6.46. The van der Waals surface area contributed by atoms with Gasteiger partial charge >= 0.3 is 0 Å². The van der Waals surface area contributed by atoms with Crippen molar-refractivity contribution < 1.29 is 4.42 Å². The largest absolute Gasteiger partial charge is 0.456 e. The summed E-state index contributed by atoms with van der Waals surface area (Å²) in [4.78, 5) is 10.3. The van der Waals surface area contributed by atoms with Crippen LogP contribution in [-0.4, -0.2) is 9.97 Å². The van der Waals surface area contributed by atoms with E-state index in [-0.39, 0.29) is 0 Å². The molecule has 246 valence electrons. The molecule has 0 atom stereocenters. The molecule has 0 saturated heterocycles. The molecule has 11 rings (SSSR count). The summed E-state index contributed by atoms with van der Waals surface area (Å²) in [6, 6.07) is 64.4. The van der Waals surface area contributed by atoms with Gasteiger partial charge in [-0.2, -0.15) is 0 Å². The van der Waals surface area contributed by atoms with E-state index in [9.17, 15) is 0 Å². The van der Waals surface area contributed by atoms with Gasteiger partial charge in [0, 0.05) is 33.0 Å². The fourth-order valence-electron chi connectivity index (χ4n) is 8.19. The van der Waals surface area contributed by atoms with Gasteiger partial charge in [-0.1, -0.05) is 158 Å². The molecule has 11 aromatic rings. The van der Waals surface area contributed by atoms with Crippen LogP contribution in [-0.2, 0) is 0 Å². The second-order valence-electron chi connectivity index (χ2n) is 13.7. The Labute approximate surface area is 305 Å². The van der Waals surface area contributed by atoms with E-state index in [1.807, 2.05) is 36.4 Å². The minimum Gasteiger partial charge on any atom is -0.456 e. The van der Waals surface area contributed by atoms with Crippen molar-refractivity contribution in [3.63, 3.8) is 0 Å². The summed E-state index contributed by atoms with van der Waals surface area (Å²) in [5, 5.41) is 9.90. The van der Waals surface area contributed by atoms with Crippen molar-refractivity contribution in [2.45, 2.75) is 0 Å². The van der Waals surface area contributed by atoms with Crippen molar-refractivity contribution in [3.05, 3.63) is 182 Å². The van der Waals surface area contributed by atoms with Crippen LogP contribution in [0, 0.1) is 0 Å². The number of fused-ring (bicyclic) bond motifs is 3. The van der Waals surface area contributed by atoms with Crippen LogP contribution in [0.5, 0.6) is 0 Å². The first-order valence-corrected chi connectivity index (χ1v) is 18.0. The summed E-state index contributed by atoms with van der Waals surface area (Å²) in [5.41, 5.74) is 11.1. The first-order chi connectivity index (χ1) is 26.3. The van der Waals surface area contributed by atoms with E-state index in [1.54, 1.807) is 0 Å². The van der Waals surface area contributed by atoms with Crippen molar-refractivity contribution in [1.82, 2.24) is 9.97 Å². The Kier molecular flexibility index (Phi) is 6.55. The van der Waals surface area contributed by atoms with Gasteiger partial charge in [0.1, 0.15) is 11.2 Å². The summed E-state index contributed by atoms with van der Waals surface area (Å²) in [7, 11) is 0. The molecular formula is C50H30N2O. The molecule has 3 heteroatoms. The first kappa shape index (κ1) is 29.6. The molecule has 3 nitrogen and oxygen atoms in total. The molecule has 0 radical (unpaired) electrons. The second kappa shape index (κ2) is 11.7. The van der Waals surface area contributed by atoms with E-state index in [2.05, 4.69) is 146 Å². The molecule has 0 unspecified atom stereocenters. The molecule has 0 N–H and O–H groups in total. The van der Waals surface area contributed by atoms with Gasteiger partial charge < -0.3 is 4.42 Å². The van der Waals surface area contributed by atoms with Crippen molar-refractivity contribution in [1.29, 1.82) is 0 Å². The van der Waals surface area contributed by atoms with Crippen molar-refractivity contribution >= 4 is 54.3 Å². The monoisotopic (exact) mass is 674 g/mol. The fraction of sp³-hybridized carbons (Fsp3) is 0. The zero-order valence-electron chi connectivity index (χ0n) is 28.6. The third kappa shape index (κ3) is 4.75. The van der Waals surface area contributed by atoms with Gasteiger partial charge in [-0.3, -0.25) is 0 Å². The van der Waals surface area contributed by atoms with Crippen LogP contribution in [0.15, 0.2) is 186 Å². The molecule has 2 aromatic heterocycles.